The van der Waals surface area contributed by atoms with Crippen LogP contribution in [0.3, 0.4) is 0 Å². The first-order valence-corrected chi connectivity index (χ1v) is 8.69. The van der Waals surface area contributed by atoms with E-state index < -0.39 is 0 Å². The van der Waals surface area contributed by atoms with E-state index in [1.807, 2.05) is 31.2 Å². The number of nitrogens with zero attached hydrogens (tertiary/aromatic N) is 2. The lowest BCUT2D eigenvalue weighted by Crippen LogP contribution is -2.28. The summed E-state index contributed by atoms with van der Waals surface area (Å²) < 4.78 is 0. The fraction of sp³-hybridized carbons (Fsp3) is 0.222. The van der Waals surface area contributed by atoms with Crippen molar-refractivity contribution in [3.63, 3.8) is 0 Å². The second-order valence-corrected chi connectivity index (χ2v) is 6.59. The van der Waals surface area contributed by atoms with Gasteiger partial charge in [-0.05, 0) is 30.7 Å². The zero-order valence-corrected chi connectivity index (χ0v) is 15.1. The number of benzene rings is 2. The Hall–Kier alpha value is -2.08. The number of hydrogen-bond acceptors (Lipinski definition) is 5. The number of phenols is 1. The molecule has 4 N–H and O–H groups in total. The van der Waals surface area contributed by atoms with Gasteiger partial charge in [0.15, 0.2) is 5.82 Å². The minimum absolute atomic E-state index is 0.0196. The Labute approximate surface area is 155 Å². The zero-order valence-electron chi connectivity index (χ0n) is 13.6. The molecule has 0 aliphatic carbocycles. The molecule has 0 aliphatic rings. The molecule has 0 radical (unpaired) electrons. The molecule has 7 heteroatoms. The van der Waals surface area contributed by atoms with Gasteiger partial charge in [-0.2, -0.15) is 0 Å². The van der Waals surface area contributed by atoms with Crippen LogP contribution in [0.1, 0.15) is 13.3 Å². The van der Waals surface area contributed by atoms with Crippen LogP contribution in [0, 0.1) is 0 Å². The van der Waals surface area contributed by atoms with Gasteiger partial charge in [0.25, 0.3) is 0 Å². The molecule has 0 spiro atoms. The SMILES string of the molecule is CC[C@@H](N)CNc1nc(-c2cc(Cl)cc(Cl)c2O)nc2ccccc12. The molecular weight excluding hydrogens is 359 g/mol. The Bertz CT molecular complexity index is 917. The Morgan fingerprint density at radius 3 is 2.72 bits per heavy atom. The van der Waals surface area contributed by atoms with Crippen molar-refractivity contribution < 1.29 is 5.11 Å². The smallest absolute Gasteiger partial charge is 0.165 e. The van der Waals surface area contributed by atoms with Gasteiger partial charge in [0.1, 0.15) is 11.6 Å². The highest BCUT2D eigenvalue weighted by Crippen LogP contribution is 2.37. The quantitative estimate of drug-likeness (QED) is 0.612. The molecule has 3 rings (SSSR count). The molecule has 0 unspecified atom stereocenters. The standard InChI is InChI=1S/C18H18Cl2N4O/c1-2-11(21)9-22-17-12-5-3-4-6-15(12)23-18(24-17)13-7-10(19)8-14(20)16(13)25/h3-8,11,25H,2,9,21H2,1H3,(H,22,23,24)/t11-/m1/s1. The largest absolute Gasteiger partial charge is 0.506 e. The number of halogens is 2. The number of aromatic hydroxyl groups is 1. The van der Waals surface area contributed by atoms with Crippen molar-refractivity contribution in [1.82, 2.24) is 9.97 Å². The maximum absolute atomic E-state index is 10.3. The first-order chi connectivity index (χ1) is 12.0. The Kier molecular flexibility index (Phi) is 5.27. The topological polar surface area (TPSA) is 84.1 Å². The molecule has 5 nitrogen and oxygen atoms in total. The van der Waals surface area contributed by atoms with Crippen molar-refractivity contribution in [3.8, 4) is 17.1 Å². The Balaban J connectivity index is 2.14. The van der Waals surface area contributed by atoms with Gasteiger partial charge in [0, 0.05) is 23.0 Å². The van der Waals surface area contributed by atoms with Crippen LogP contribution in [-0.2, 0) is 0 Å². The van der Waals surface area contributed by atoms with Crippen LogP contribution in [0.4, 0.5) is 5.82 Å². The first kappa shape index (κ1) is 17.7. The molecule has 1 heterocycles. The fourth-order valence-electron chi connectivity index (χ4n) is 2.44. The number of para-hydroxylation sites is 1. The minimum atomic E-state index is -0.0995. The average molecular weight is 377 g/mol. The van der Waals surface area contributed by atoms with Crippen LogP contribution < -0.4 is 11.1 Å². The number of nitrogens with two attached hydrogens (primary N) is 1. The lowest BCUT2D eigenvalue weighted by molar-refractivity contribution is 0.477. The van der Waals surface area contributed by atoms with Crippen LogP contribution >= 0.6 is 23.2 Å². The van der Waals surface area contributed by atoms with E-state index in [-0.39, 0.29) is 16.8 Å². The highest BCUT2D eigenvalue weighted by atomic mass is 35.5. The summed E-state index contributed by atoms with van der Waals surface area (Å²) in [6.07, 6.45) is 0.855. The van der Waals surface area contributed by atoms with E-state index in [2.05, 4.69) is 15.3 Å². The van der Waals surface area contributed by atoms with E-state index in [1.165, 1.54) is 6.07 Å². The normalized spacial score (nSPS) is 12.3. The second kappa shape index (κ2) is 7.44. The second-order valence-electron chi connectivity index (χ2n) is 5.75. The lowest BCUT2D eigenvalue weighted by Gasteiger charge is -2.14. The lowest BCUT2D eigenvalue weighted by atomic mass is 10.1. The van der Waals surface area contributed by atoms with Crippen LogP contribution in [0.2, 0.25) is 10.0 Å². The van der Waals surface area contributed by atoms with Gasteiger partial charge >= 0.3 is 0 Å². The monoisotopic (exact) mass is 376 g/mol. The summed E-state index contributed by atoms with van der Waals surface area (Å²) in [6, 6.07) is 10.7. The van der Waals surface area contributed by atoms with Crippen molar-refractivity contribution >= 4 is 39.9 Å². The first-order valence-electron chi connectivity index (χ1n) is 7.94. The number of hydrogen-bond donors (Lipinski definition) is 3. The molecule has 0 aliphatic heterocycles. The van der Waals surface area contributed by atoms with E-state index in [0.717, 1.165) is 17.3 Å². The highest BCUT2D eigenvalue weighted by molar-refractivity contribution is 6.36. The third-order valence-corrected chi connectivity index (χ3v) is 4.43. The summed E-state index contributed by atoms with van der Waals surface area (Å²) in [5, 5.41) is 15.0. The molecule has 0 saturated carbocycles. The van der Waals surface area contributed by atoms with Crippen molar-refractivity contribution in [2.24, 2.45) is 5.73 Å². The molecule has 25 heavy (non-hydrogen) atoms. The number of fused-ring (bicyclic) bond motifs is 1. The zero-order chi connectivity index (χ0) is 18.0. The Morgan fingerprint density at radius 1 is 1.20 bits per heavy atom. The molecule has 130 valence electrons. The molecule has 2 aromatic carbocycles. The molecule has 0 amide bonds. The van der Waals surface area contributed by atoms with Crippen molar-refractivity contribution in [1.29, 1.82) is 0 Å². The summed E-state index contributed by atoms with van der Waals surface area (Å²) in [5.74, 6) is 0.894. The number of anilines is 1. The van der Waals surface area contributed by atoms with Crippen LogP contribution in [0.25, 0.3) is 22.3 Å². The average Bonchev–Trinajstić information content (AvgIpc) is 2.62. The van der Waals surface area contributed by atoms with Gasteiger partial charge in [0.05, 0.1) is 16.1 Å². The summed E-state index contributed by atoms with van der Waals surface area (Å²) in [4.78, 5) is 9.10. The molecule has 3 aromatic rings. The summed E-state index contributed by atoms with van der Waals surface area (Å²) in [6.45, 7) is 2.61. The summed E-state index contributed by atoms with van der Waals surface area (Å²) in [7, 11) is 0. The van der Waals surface area contributed by atoms with E-state index in [4.69, 9.17) is 28.9 Å². The fourth-order valence-corrected chi connectivity index (χ4v) is 2.93. The van der Waals surface area contributed by atoms with Crippen LogP contribution in [-0.4, -0.2) is 27.7 Å². The summed E-state index contributed by atoms with van der Waals surface area (Å²) >= 11 is 12.1. The number of phenolic OH excluding ortho intramolecular Hbond substituents is 1. The van der Waals surface area contributed by atoms with Crippen LogP contribution in [0.15, 0.2) is 36.4 Å². The number of aromatic nitrogens is 2. The molecule has 0 saturated heterocycles. The van der Waals surface area contributed by atoms with E-state index in [9.17, 15) is 5.11 Å². The maximum Gasteiger partial charge on any atom is 0.165 e. The number of rotatable bonds is 5. The molecular formula is C18H18Cl2N4O. The predicted octanol–water partition coefficient (Wildman–Crippen LogP) is 4.46. The van der Waals surface area contributed by atoms with Gasteiger partial charge in [-0.1, -0.05) is 42.3 Å². The van der Waals surface area contributed by atoms with Crippen LogP contribution in [0.5, 0.6) is 5.75 Å². The van der Waals surface area contributed by atoms with E-state index in [1.54, 1.807) is 6.07 Å². The third-order valence-electron chi connectivity index (χ3n) is 3.93. The third kappa shape index (κ3) is 3.79. The molecule has 0 bridgehead atoms. The van der Waals surface area contributed by atoms with Crippen molar-refractivity contribution in [2.45, 2.75) is 19.4 Å². The van der Waals surface area contributed by atoms with Gasteiger partial charge in [-0.25, -0.2) is 9.97 Å². The summed E-state index contributed by atoms with van der Waals surface area (Å²) in [5.41, 5.74) is 7.12. The molecule has 0 fully saturated rings. The minimum Gasteiger partial charge on any atom is -0.506 e. The number of nitrogens with one attached hydrogen (secondary N) is 1. The van der Waals surface area contributed by atoms with Gasteiger partial charge < -0.3 is 16.2 Å². The Morgan fingerprint density at radius 2 is 1.96 bits per heavy atom. The van der Waals surface area contributed by atoms with Gasteiger partial charge in [0.2, 0.25) is 0 Å². The van der Waals surface area contributed by atoms with Gasteiger partial charge in [-0.15, -0.1) is 0 Å². The molecule has 1 atom stereocenters. The van der Waals surface area contributed by atoms with Gasteiger partial charge in [-0.3, -0.25) is 0 Å². The van der Waals surface area contributed by atoms with Crippen molar-refractivity contribution in [2.75, 3.05) is 11.9 Å². The maximum atomic E-state index is 10.3. The van der Waals surface area contributed by atoms with E-state index in [0.29, 0.717) is 28.8 Å². The molecule has 1 aromatic heterocycles. The van der Waals surface area contributed by atoms with E-state index >= 15 is 0 Å². The highest BCUT2D eigenvalue weighted by Gasteiger charge is 2.15. The van der Waals surface area contributed by atoms with Crippen molar-refractivity contribution in [3.05, 3.63) is 46.4 Å². The predicted molar refractivity (Wildman–Crippen MR) is 103 cm³/mol.